The van der Waals surface area contributed by atoms with Gasteiger partial charge in [-0.2, -0.15) is 0 Å². The third-order valence-electron chi connectivity index (χ3n) is 10.1. The highest BCUT2D eigenvalue weighted by molar-refractivity contribution is 7.26. The number of hydrogen-bond donors (Lipinski definition) is 0. The molecule has 2 aliphatic rings. The van der Waals surface area contributed by atoms with Gasteiger partial charge in [0.05, 0.1) is 16.0 Å². The van der Waals surface area contributed by atoms with Crippen LogP contribution in [-0.2, 0) is 0 Å². The summed E-state index contributed by atoms with van der Waals surface area (Å²) in [4.78, 5) is 1.35. The molecular formula is C38H19BN2OS. The van der Waals surface area contributed by atoms with E-state index in [-0.39, 0.29) is 6.85 Å². The maximum atomic E-state index is 6.66. The molecule has 0 atom stereocenters. The van der Waals surface area contributed by atoms with E-state index < -0.39 is 0 Å². The fourth-order valence-corrected chi connectivity index (χ4v) is 9.78. The molecule has 3 nitrogen and oxygen atoms in total. The number of para-hydroxylation sites is 3. The highest BCUT2D eigenvalue weighted by Gasteiger charge is 2.43. The Balaban J connectivity index is 1.40. The summed E-state index contributed by atoms with van der Waals surface area (Å²) in [6.07, 6.45) is 0. The van der Waals surface area contributed by atoms with Gasteiger partial charge in [0, 0.05) is 48.1 Å². The van der Waals surface area contributed by atoms with Gasteiger partial charge < -0.3 is 13.5 Å². The Morgan fingerprint density at radius 1 is 0.605 bits per heavy atom. The number of furan rings is 1. The molecule has 0 N–H and O–H groups in total. The molecule has 2 aliphatic heterocycles. The molecule has 0 radical (unpaired) electrons. The molecule has 196 valence electrons. The second-order valence-electron chi connectivity index (χ2n) is 12.0. The summed E-state index contributed by atoms with van der Waals surface area (Å²) in [6.45, 7) is 0.0547. The zero-order valence-electron chi connectivity index (χ0n) is 22.8. The van der Waals surface area contributed by atoms with Crippen molar-refractivity contribution in [1.29, 1.82) is 0 Å². The molecule has 5 heteroatoms. The second-order valence-corrected chi connectivity index (χ2v) is 13.0. The molecule has 0 unspecified atom stereocenters. The highest BCUT2D eigenvalue weighted by atomic mass is 32.1. The van der Waals surface area contributed by atoms with Crippen molar-refractivity contribution in [1.82, 2.24) is 9.05 Å². The Kier molecular flexibility index (Phi) is 3.50. The zero-order chi connectivity index (χ0) is 27.6. The minimum absolute atomic E-state index is 0.0547. The summed E-state index contributed by atoms with van der Waals surface area (Å²) in [5.41, 5.74) is 12.3. The first-order valence-corrected chi connectivity index (χ1v) is 15.6. The van der Waals surface area contributed by atoms with Crippen LogP contribution in [0.15, 0.2) is 120 Å². The first kappa shape index (κ1) is 21.4. The molecule has 10 aromatic rings. The van der Waals surface area contributed by atoms with Crippen LogP contribution in [0.4, 0.5) is 0 Å². The predicted octanol–water partition coefficient (Wildman–Crippen LogP) is 8.95. The van der Waals surface area contributed by atoms with E-state index in [1.807, 2.05) is 11.3 Å². The lowest BCUT2D eigenvalue weighted by Gasteiger charge is -2.34. The summed E-state index contributed by atoms with van der Waals surface area (Å²) in [5, 5.41) is 8.95. The summed E-state index contributed by atoms with van der Waals surface area (Å²) in [7, 11) is 0. The van der Waals surface area contributed by atoms with Crippen LogP contribution in [-0.4, -0.2) is 15.9 Å². The van der Waals surface area contributed by atoms with Crippen molar-refractivity contribution < 1.29 is 4.42 Å². The minimum Gasteiger partial charge on any atom is -0.454 e. The van der Waals surface area contributed by atoms with Crippen molar-refractivity contribution in [2.75, 3.05) is 0 Å². The van der Waals surface area contributed by atoms with E-state index in [4.69, 9.17) is 4.42 Å². The number of nitrogens with zero attached hydrogens (tertiary/aromatic N) is 2. The van der Waals surface area contributed by atoms with Crippen molar-refractivity contribution >= 4 is 104 Å². The monoisotopic (exact) mass is 562 g/mol. The van der Waals surface area contributed by atoms with Crippen LogP contribution >= 0.6 is 11.3 Å². The number of hydrogen-bond acceptors (Lipinski definition) is 2. The Morgan fingerprint density at radius 2 is 1.37 bits per heavy atom. The topological polar surface area (TPSA) is 23.0 Å². The van der Waals surface area contributed by atoms with Gasteiger partial charge in [-0.3, -0.25) is 0 Å². The highest BCUT2D eigenvalue weighted by Crippen LogP contribution is 2.49. The molecule has 0 spiro atoms. The second kappa shape index (κ2) is 7.03. The summed E-state index contributed by atoms with van der Waals surface area (Å²) in [6, 6.07) is 42.5. The van der Waals surface area contributed by atoms with Crippen LogP contribution in [0.2, 0.25) is 0 Å². The van der Waals surface area contributed by atoms with Gasteiger partial charge >= 0.3 is 6.85 Å². The summed E-state index contributed by atoms with van der Waals surface area (Å²) < 4.78 is 13.2. The van der Waals surface area contributed by atoms with Crippen LogP contribution < -0.4 is 10.9 Å². The summed E-state index contributed by atoms with van der Waals surface area (Å²) >= 11 is 1.93. The van der Waals surface area contributed by atoms with E-state index in [1.165, 1.54) is 86.1 Å². The maximum absolute atomic E-state index is 6.66. The lowest BCUT2D eigenvalue weighted by molar-refractivity contribution is 0.673. The Labute approximate surface area is 248 Å². The Morgan fingerprint density at radius 3 is 2.33 bits per heavy atom. The molecule has 0 amide bonds. The predicted molar refractivity (Wildman–Crippen MR) is 182 cm³/mol. The SMILES string of the molecule is c1ccc2c3c4c(cc2c1)-c1cccc2c5c6ccccc6sc5n(c12)B4c1cccc2c4oc5ccccc5c4n-3c12. The normalized spacial score (nSPS) is 13.5. The van der Waals surface area contributed by atoms with Gasteiger partial charge in [0.15, 0.2) is 5.58 Å². The lowest BCUT2D eigenvalue weighted by atomic mass is 9.45. The van der Waals surface area contributed by atoms with E-state index in [0.29, 0.717) is 0 Å². The van der Waals surface area contributed by atoms with Gasteiger partial charge in [-0.1, -0.05) is 84.9 Å². The third-order valence-corrected chi connectivity index (χ3v) is 11.2. The molecule has 0 bridgehead atoms. The molecule has 0 aliphatic carbocycles. The largest absolute Gasteiger partial charge is 0.454 e. The van der Waals surface area contributed by atoms with E-state index >= 15 is 0 Å². The molecule has 0 saturated heterocycles. The van der Waals surface area contributed by atoms with Crippen LogP contribution in [0.5, 0.6) is 0 Å². The Hall–Kier alpha value is -5.26. The van der Waals surface area contributed by atoms with Gasteiger partial charge in [0.1, 0.15) is 11.1 Å². The van der Waals surface area contributed by atoms with E-state index in [9.17, 15) is 0 Å². The van der Waals surface area contributed by atoms with Crippen molar-refractivity contribution in [3.63, 3.8) is 0 Å². The van der Waals surface area contributed by atoms with Crippen molar-refractivity contribution in [3.8, 4) is 16.8 Å². The third kappa shape index (κ3) is 2.27. The maximum Gasteiger partial charge on any atom is 0.333 e. The first-order valence-electron chi connectivity index (χ1n) is 14.8. The van der Waals surface area contributed by atoms with Gasteiger partial charge in [0.2, 0.25) is 0 Å². The number of aromatic nitrogens is 2. The van der Waals surface area contributed by atoms with Gasteiger partial charge in [-0.25, -0.2) is 0 Å². The average molecular weight is 562 g/mol. The molecule has 43 heavy (non-hydrogen) atoms. The fraction of sp³-hybridized carbons (Fsp3) is 0. The number of thiophene rings is 1. The Bertz CT molecular complexity index is 2920. The van der Waals surface area contributed by atoms with Gasteiger partial charge in [-0.05, 0) is 52.2 Å². The van der Waals surface area contributed by atoms with Gasteiger partial charge in [-0.15, -0.1) is 11.3 Å². The molecular weight excluding hydrogens is 543 g/mol. The van der Waals surface area contributed by atoms with E-state index in [0.717, 1.165) is 16.6 Å². The standard InChI is InChI=1S/C38H19BN2OS/c1-2-10-21-20(9-1)19-27-22-13-7-14-25-31-24-12-4-6-18-30(24)43-38(31)41(33(22)25)39-28-16-8-15-26-34(28)40(35(21)32(27)39)36-23-11-3-5-17-29(23)42-37(26)36/h1-19H. The smallest absolute Gasteiger partial charge is 0.333 e. The lowest BCUT2D eigenvalue weighted by Crippen LogP contribution is -2.55. The first-order chi connectivity index (χ1) is 21.4. The molecule has 6 heterocycles. The molecule has 0 saturated carbocycles. The number of benzene rings is 6. The van der Waals surface area contributed by atoms with Crippen LogP contribution in [0, 0.1) is 0 Å². The van der Waals surface area contributed by atoms with Crippen molar-refractivity contribution in [3.05, 3.63) is 115 Å². The fourth-order valence-electron chi connectivity index (χ4n) is 8.53. The quantitative estimate of drug-likeness (QED) is 0.169. The molecule has 4 aromatic heterocycles. The average Bonchev–Trinajstić information content (AvgIpc) is 3.79. The van der Waals surface area contributed by atoms with Crippen LogP contribution in [0.1, 0.15) is 0 Å². The molecule has 12 rings (SSSR count). The minimum atomic E-state index is 0.0547. The summed E-state index contributed by atoms with van der Waals surface area (Å²) in [5.74, 6) is 0. The number of rotatable bonds is 0. The van der Waals surface area contributed by atoms with Gasteiger partial charge in [0.25, 0.3) is 0 Å². The van der Waals surface area contributed by atoms with Crippen LogP contribution in [0.25, 0.3) is 91.8 Å². The van der Waals surface area contributed by atoms with E-state index in [2.05, 4.69) is 124 Å². The van der Waals surface area contributed by atoms with Crippen molar-refractivity contribution in [2.24, 2.45) is 0 Å². The van der Waals surface area contributed by atoms with Crippen molar-refractivity contribution in [2.45, 2.75) is 0 Å². The van der Waals surface area contributed by atoms with Crippen LogP contribution in [0.3, 0.4) is 0 Å². The van der Waals surface area contributed by atoms with E-state index in [1.54, 1.807) is 0 Å². The zero-order valence-corrected chi connectivity index (χ0v) is 23.6. The molecule has 6 aromatic carbocycles. The number of fused-ring (bicyclic) bond motifs is 16. The molecule has 0 fully saturated rings.